The molecule has 0 amide bonds. The summed E-state index contributed by atoms with van der Waals surface area (Å²) in [7, 11) is 0. The molecule has 0 spiro atoms. The molecule has 1 fully saturated rings. The molecule has 1 aliphatic rings. The van der Waals surface area contributed by atoms with Gasteiger partial charge in [-0.05, 0) is 18.6 Å². The van der Waals surface area contributed by atoms with Gasteiger partial charge in [0.1, 0.15) is 6.10 Å². The highest BCUT2D eigenvalue weighted by molar-refractivity contribution is 7.99. The molecule has 1 aromatic rings. The van der Waals surface area contributed by atoms with Crippen molar-refractivity contribution < 1.29 is 9.63 Å². The van der Waals surface area contributed by atoms with Gasteiger partial charge in [-0.3, -0.25) is 0 Å². The third kappa shape index (κ3) is 2.50. The Morgan fingerprint density at radius 3 is 3.13 bits per heavy atom. The van der Waals surface area contributed by atoms with Crippen LogP contribution in [0.2, 0.25) is 0 Å². The SMILES string of the molecule is NC[C@H](O)c1nc(C2CCCCS2)no1. The minimum absolute atomic E-state index is 0.111. The molecule has 5 nitrogen and oxygen atoms in total. The lowest BCUT2D eigenvalue weighted by atomic mass is 10.2. The highest BCUT2D eigenvalue weighted by Gasteiger charge is 2.23. The predicted molar refractivity (Wildman–Crippen MR) is 57.4 cm³/mol. The zero-order valence-corrected chi connectivity index (χ0v) is 9.24. The fraction of sp³-hybridized carbons (Fsp3) is 0.778. The summed E-state index contributed by atoms with van der Waals surface area (Å²) in [5.74, 6) is 2.08. The first-order chi connectivity index (χ1) is 7.31. The monoisotopic (exact) mass is 229 g/mol. The minimum Gasteiger partial charge on any atom is -0.382 e. The molecule has 1 unspecified atom stereocenters. The van der Waals surface area contributed by atoms with Crippen LogP contribution >= 0.6 is 11.8 Å². The Labute approximate surface area is 92.4 Å². The average molecular weight is 229 g/mol. The Kier molecular flexibility index (Phi) is 3.61. The number of aromatic nitrogens is 2. The Hall–Kier alpha value is -0.590. The third-order valence-corrected chi connectivity index (χ3v) is 3.81. The van der Waals surface area contributed by atoms with Gasteiger partial charge < -0.3 is 15.4 Å². The van der Waals surface area contributed by atoms with E-state index in [1.165, 1.54) is 12.8 Å². The van der Waals surface area contributed by atoms with Crippen LogP contribution in [0.4, 0.5) is 0 Å². The summed E-state index contributed by atoms with van der Waals surface area (Å²) in [6.07, 6.45) is 2.72. The second kappa shape index (κ2) is 4.96. The van der Waals surface area contributed by atoms with Crippen molar-refractivity contribution in [1.82, 2.24) is 10.1 Å². The largest absolute Gasteiger partial charge is 0.382 e. The van der Waals surface area contributed by atoms with Crippen molar-refractivity contribution in [3.05, 3.63) is 11.7 Å². The van der Waals surface area contributed by atoms with Crippen LogP contribution in [0.15, 0.2) is 4.52 Å². The number of aliphatic hydroxyl groups is 1. The maximum Gasteiger partial charge on any atom is 0.256 e. The van der Waals surface area contributed by atoms with Crippen LogP contribution in [0.25, 0.3) is 0 Å². The van der Waals surface area contributed by atoms with Gasteiger partial charge in [0.15, 0.2) is 5.82 Å². The summed E-state index contributed by atoms with van der Waals surface area (Å²) in [6, 6.07) is 0. The van der Waals surface area contributed by atoms with Crippen molar-refractivity contribution in [2.75, 3.05) is 12.3 Å². The summed E-state index contributed by atoms with van der Waals surface area (Å²) in [4.78, 5) is 4.18. The standard InChI is InChI=1S/C9H15N3O2S/c10-5-6(13)9-11-8(12-14-9)7-3-1-2-4-15-7/h6-7,13H,1-5,10H2/t6-,7?/m0/s1. The summed E-state index contributed by atoms with van der Waals surface area (Å²) in [6.45, 7) is 0.111. The van der Waals surface area contributed by atoms with E-state index in [-0.39, 0.29) is 12.4 Å². The summed E-state index contributed by atoms with van der Waals surface area (Å²) in [5.41, 5.74) is 5.31. The molecule has 0 radical (unpaired) electrons. The summed E-state index contributed by atoms with van der Waals surface area (Å²) in [5, 5.41) is 13.6. The molecule has 0 bridgehead atoms. The molecule has 0 aromatic carbocycles. The fourth-order valence-electron chi connectivity index (χ4n) is 1.56. The van der Waals surface area contributed by atoms with Gasteiger partial charge in [0.05, 0.1) is 5.25 Å². The number of thioether (sulfide) groups is 1. The molecule has 1 aromatic heterocycles. The van der Waals surface area contributed by atoms with Crippen LogP contribution in [-0.2, 0) is 0 Å². The Morgan fingerprint density at radius 2 is 2.47 bits per heavy atom. The van der Waals surface area contributed by atoms with Crippen LogP contribution in [0.5, 0.6) is 0 Å². The zero-order chi connectivity index (χ0) is 10.7. The number of hydrogen-bond donors (Lipinski definition) is 2. The lowest BCUT2D eigenvalue weighted by molar-refractivity contribution is 0.141. The average Bonchev–Trinajstić information content (AvgIpc) is 2.78. The van der Waals surface area contributed by atoms with Gasteiger partial charge >= 0.3 is 0 Å². The molecule has 0 aliphatic carbocycles. The molecule has 0 saturated carbocycles. The molecule has 2 rings (SSSR count). The van der Waals surface area contributed by atoms with E-state index < -0.39 is 6.10 Å². The molecule has 15 heavy (non-hydrogen) atoms. The van der Waals surface area contributed by atoms with E-state index in [1.54, 1.807) is 0 Å². The Balaban J connectivity index is 2.05. The van der Waals surface area contributed by atoms with Crippen molar-refractivity contribution in [3.63, 3.8) is 0 Å². The highest BCUT2D eigenvalue weighted by atomic mass is 32.2. The molecule has 3 N–H and O–H groups in total. The normalized spacial score (nSPS) is 24.0. The summed E-state index contributed by atoms with van der Waals surface area (Å²) >= 11 is 1.85. The molecule has 84 valence electrons. The molecular formula is C9H15N3O2S. The van der Waals surface area contributed by atoms with Gasteiger partial charge in [-0.25, -0.2) is 0 Å². The van der Waals surface area contributed by atoms with Crippen molar-refractivity contribution >= 4 is 11.8 Å². The van der Waals surface area contributed by atoms with Gasteiger partial charge in [0.2, 0.25) is 0 Å². The smallest absolute Gasteiger partial charge is 0.256 e. The number of rotatable bonds is 3. The van der Waals surface area contributed by atoms with E-state index in [0.29, 0.717) is 11.1 Å². The van der Waals surface area contributed by atoms with Crippen molar-refractivity contribution in [1.29, 1.82) is 0 Å². The van der Waals surface area contributed by atoms with Crippen LogP contribution in [0.3, 0.4) is 0 Å². The Bertz CT molecular complexity index is 312. The lowest BCUT2D eigenvalue weighted by Gasteiger charge is -2.17. The maximum atomic E-state index is 9.41. The van der Waals surface area contributed by atoms with Gasteiger partial charge in [0, 0.05) is 6.54 Å². The highest BCUT2D eigenvalue weighted by Crippen LogP contribution is 2.36. The van der Waals surface area contributed by atoms with Crippen LogP contribution in [0.1, 0.15) is 42.3 Å². The first-order valence-corrected chi connectivity index (χ1v) is 6.19. The molecule has 1 aliphatic heterocycles. The first kappa shape index (κ1) is 10.9. The topological polar surface area (TPSA) is 85.2 Å². The quantitative estimate of drug-likeness (QED) is 0.805. The number of aliphatic hydroxyl groups excluding tert-OH is 1. The zero-order valence-electron chi connectivity index (χ0n) is 8.43. The maximum absolute atomic E-state index is 9.41. The van der Waals surface area contributed by atoms with Crippen molar-refractivity contribution in [2.45, 2.75) is 30.6 Å². The number of nitrogens with zero attached hydrogens (tertiary/aromatic N) is 2. The van der Waals surface area contributed by atoms with E-state index in [4.69, 9.17) is 10.3 Å². The lowest BCUT2D eigenvalue weighted by Crippen LogP contribution is -2.12. The van der Waals surface area contributed by atoms with E-state index >= 15 is 0 Å². The number of hydrogen-bond acceptors (Lipinski definition) is 6. The van der Waals surface area contributed by atoms with Crippen LogP contribution in [0, 0.1) is 0 Å². The Morgan fingerprint density at radius 1 is 1.60 bits per heavy atom. The predicted octanol–water partition coefficient (Wildman–Crippen LogP) is 1.02. The third-order valence-electron chi connectivity index (χ3n) is 2.43. The summed E-state index contributed by atoms with van der Waals surface area (Å²) < 4.78 is 4.97. The van der Waals surface area contributed by atoms with Gasteiger partial charge in [-0.15, -0.1) is 0 Å². The molecule has 6 heteroatoms. The molecule has 2 atom stereocenters. The number of nitrogens with two attached hydrogens (primary N) is 1. The molecular weight excluding hydrogens is 214 g/mol. The molecule has 2 heterocycles. The van der Waals surface area contributed by atoms with Crippen LogP contribution < -0.4 is 5.73 Å². The van der Waals surface area contributed by atoms with Crippen molar-refractivity contribution in [2.24, 2.45) is 5.73 Å². The second-order valence-electron chi connectivity index (χ2n) is 3.60. The van der Waals surface area contributed by atoms with Gasteiger partial charge in [-0.2, -0.15) is 16.7 Å². The van der Waals surface area contributed by atoms with E-state index in [9.17, 15) is 5.11 Å². The molecule has 1 saturated heterocycles. The van der Waals surface area contributed by atoms with E-state index in [1.807, 2.05) is 11.8 Å². The van der Waals surface area contributed by atoms with Gasteiger partial charge in [0.25, 0.3) is 5.89 Å². The minimum atomic E-state index is -0.833. The fourth-order valence-corrected chi connectivity index (χ4v) is 2.79. The van der Waals surface area contributed by atoms with E-state index in [0.717, 1.165) is 12.2 Å². The van der Waals surface area contributed by atoms with Gasteiger partial charge in [-0.1, -0.05) is 11.6 Å². The van der Waals surface area contributed by atoms with Crippen molar-refractivity contribution in [3.8, 4) is 0 Å². The first-order valence-electron chi connectivity index (χ1n) is 5.14. The van der Waals surface area contributed by atoms with E-state index in [2.05, 4.69) is 10.1 Å². The second-order valence-corrected chi connectivity index (χ2v) is 4.91. The van der Waals surface area contributed by atoms with Crippen LogP contribution in [-0.4, -0.2) is 27.5 Å².